The Balaban J connectivity index is 1.76. The van der Waals surface area contributed by atoms with E-state index in [-0.39, 0.29) is 12.1 Å². The summed E-state index contributed by atoms with van der Waals surface area (Å²) in [5, 5.41) is 13.9. The Hall–Kier alpha value is -1.96. The van der Waals surface area contributed by atoms with E-state index in [0.29, 0.717) is 37.8 Å². The molecule has 2 heterocycles. The Morgan fingerprint density at radius 2 is 2.26 bits per heavy atom. The van der Waals surface area contributed by atoms with Gasteiger partial charge in [0, 0.05) is 19.7 Å². The number of methoxy groups -OCH3 is 2. The van der Waals surface area contributed by atoms with Crippen LogP contribution >= 0.6 is 0 Å². The number of hydrogen-bond acceptors (Lipinski definition) is 7. The SMILES string of the molecule is COCc1noc(CN2C[C@@H](O)C[C@H]2c2cccc(OC)c2)n1. The number of rotatable bonds is 6. The van der Waals surface area contributed by atoms with E-state index in [2.05, 4.69) is 15.0 Å². The van der Waals surface area contributed by atoms with Gasteiger partial charge in [-0.3, -0.25) is 4.90 Å². The number of ether oxygens (including phenoxy) is 2. The molecule has 0 amide bonds. The van der Waals surface area contributed by atoms with E-state index >= 15 is 0 Å². The van der Waals surface area contributed by atoms with Crippen LogP contribution in [0, 0.1) is 0 Å². The second-order valence-corrected chi connectivity index (χ2v) is 5.65. The molecule has 0 saturated carbocycles. The molecule has 0 radical (unpaired) electrons. The lowest BCUT2D eigenvalue weighted by Gasteiger charge is -2.23. The molecule has 1 aromatic carbocycles. The lowest BCUT2D eigenvalue weighted by Crippen LogP contribution is -2.24. The van der Waals surface area contributed by atoms with Crippen molar-refractivity contribution in [2.24, 2.45) is 0 Å². The number of aromatic nitrogens is 2. The largest absolute Gasteiger partial charge is 0.497 e. The molecule has 0 spiro atoms. The van der Waals surface area contributed by atoms with Crippen molar-refractivity contribution in [1.82, 2.24) is 15.0 Å². The molecule has 2 aromatic rings. The van der Waals surface area contributed by atoms with Gasteiger partial charge in [0.05, 0.1) is 19.8 Å². The van der Waals surface area contributed by atoms with Crippen LogP contribution in [0.1, 0.15) is 29.7 Å². The maximum Gasteiger partial charge on any atom is 0.240 e. The molecule has 1 N–H and O–H groups in total. The van der Waals surface area contributed by atoms with Crippen molar-refractivity contribution < 1.29 is 19.1 Å². The van der Waals surface area contributed by atoms with Crippen LogP contribution in [-0.4, -0.2) is 47.0 Å². The highest BCUT2D eigenvalue weighted by Crippen LogP contribution is 2.34. The van der Waals surface area contributed by atoms with Crippen molar-refractivity contribution in [3.8, 4) is 5.75 Å². The summed E-state index contributed by atoms with van der Waals surface area (Å²) in [7, 11) is 3.24. The maximum absolute atomic E-state index is 10.1. The van der Waals surface area contributed by atoms with Gasteiger partial charge in [-0.1, -0.05) is 17.3 Å². The zero-order chi connectivity index (χ0) is 16.2. The number of nitrogens with zero attached hydrogens (tertiary/aromatic N) is 3. The average molecular weight is 319 g/mol. The van der Waals surface area contributed by atoms with E-state index in [0.717, 1.165) is 11.3 Å². The van der Waals surface area contributed by atoms with Crippen LogP contribution in [0.15, 0.2) is 28.8 Å². The fourth-order valence-electron chi connectivity index (χ4n) is 2.97. The zero-order valence-electron chi connectivity index (χ0n) is 13.3. The summed E-state index contributed by atoms with van der Waals surface area (Å²) in [4.78, 5) is 6.44. The minimum absolute atomic E-state index is 0.0953. The summed E-state index contributed by atoms with van der Waals surface area (Å²) in [5.74, 6) is 1.86. The molecule has 0 unspecified atom stereocenters. The van der Waals surface area contributed by atoms with Gasteiger partial charge >= 0.3 is 0 Å². The van der Waals surface area contributed by atoms with E-state index in [9.17, 15) is 5.11 Å². The molecular formula is C16H21N3O4. The molecule has 2 atom stereocenters. The third kappa shape index (κ3) is 3.69. The van der Waals surface area contributed by atoms with E-state index in [1.54, 1.807) is 14.2 Å². The topological polar surface area (TPSA) is 80.9 Å². The molecule has 3 rings (SSSR count). The van der Waals surface area contributed by atoms with Crippen molar-refractivity contribution in [3.63, 3.8) is 0 Å². The molecule has 1 fully saturated rings. The molecule has 1 aliphatic rings. The van der Waals surface area contributed by atoms with E-state index in [1.807, 2.05) is 24.3 Å². The quantitative estimate of drug-likeness (QED) is 0.864. The summed E-state index contributed by atoms with van der Waals surface area (Å²) >= 11 is 0. The predicted octanol–water partition coefficient (Wildman–Crippen LogP) is 1.53. The average Bonchev–Trinajstić information content (AvgIpc) is 3.15. The van der Waals surface area contributed by atoms with Crippen LogP contribution in [0.5, 0.6) is 5.75 Å². The molecule has 0 bridgehead atoms. The second kappa shape index (κ2) is 7.08. The van der Waals surface area contributed by atoms with Crippen molar-refractivity contribution in [2.75, 3.05) is 20.8 Å². The van der Waals surface area contributed by atoms with Crippen LogP contribution in [0.4, 0.5) is 0 Å². The molecule has 1 saturated heterocycles. The number of hydrogen-bond donors (Lipinski definition) is 1. The smallest absolute Gasteiger partial charge is 0.240 e. The fourth-order valence-corrected chi connectivity index (χ4v) is 2.97. The second-order valence-electron chi connectivity index (χ2n) is 5.65. The van der Waals surface area contributed by atoms with Crippen molar-refractivity contribution in [3.05, 3.63) is 41.5 Å². The first-order chi connectivity index (χ1) is 11.2. The van der Waals surface area contributed by atoms with Gasteiger partial charge in [0.15, 0.2) is 5.82 Å². The van der Waals surface area contributed by atoms with Gasteiger partial charge in [0.25, 0.3) is 0 Å². The van der Waals surface area contributed by atoms with Gasteiger partial charge in [0.2, 0.25) is 5.89 Å². The number of likely N-dealkylation sites (tertiary alicyclic amines) is 1. The third-order valence-corrected chi connectivity index (χ3v) is 3.98. The summed E-state index contributed by atoms with van der Waals surface area (Å²) in [6.45, 7) is 1.39. The van der Waals surface area contributed by atoms with Crippen LogP contribution in [0.25, 0.3) is 0 Å². The Morgan fingerprint density at radius 1 is 1.39 bits per heavy atom. The van der Waals surface area contributed by atoms with Gasteiger partial charge in [-0.05, 0) is 24.1 Å². The Kier molecular flexibility index (Phi) is 4.90. The monoisotopic (exact) mass is 319 g/mol. The molecule has 124 valence electrons. The summed E-state index contributed by atoms with van der Waals surface area (Å²) in [6.07, 6.45) is 0.305. The van der Waals surface area contributed by atoms with E-state index < -0.39 is 0 Å². The first-order valence-corrected chi connectivity index (χ1v) is 7.56. The number of β-amino-alcohol motifs (C(OH)–C–C–N with tert-alkyl or cyclic N) is 1. The minimum Gasteiger partial charge on any atom is -0.497 e. The Bertz CT molecular complexity index is 646. The van der Waals surface area contributed by atoms with Gasteiger partial charge < -0.3 is 19.1 Å². The van der Waals surface area contributed by atoms with Crippen molar-refractivity contribution >= 4 is 0 Å². The Morgan fingerprint density at radius 3 is 3.04 bits per heavy atom. The normalized spacial score (nSPS) is 21.7. The summed E-state index contributed by atoms with van der Waals surface area (Å²) < 4.78 is 15.5. The van der Waals surface area contributed by atoms with E-state index in [4.69, 9.17) is 14.0 Å². The lowest BCUT2D eigenvalue weighted by atomic mass is 10.0. The molecule has 7 nitrogen and oxygen atoms in total. The van der Waals surface area contributed by atoms with Crippen molar-refractivity contribution in [1.29, 1.82) is 0 Å². The van der Waals surface area contributed by atoms with Crippen LogP contribution < -0.4 is 4.74 Å². The standard InChI is InChI=1S/C16H21N3O4/c1-21-10-15-17-16(23-18-15)9-19-8-12(20)7-14(19)11-4-3-5-13(6-11)22-2/h3-6,12,14,20H,7-10H2,1-2H3/t12-,14-/m0/s1. The molecule has 1 aliphatic heterocycles. The van der Waals surface area contributed by atoms with Gasteiger partial charge in [-0.15, -0.1) is 0 Å². The number of aliphatic hydroxyl groups is 1. The molecular weight excluding hydrogens is 298 g/mol. The minimum atomic E-state index is -0.368. The fraction of sp³-hybridized carbons (Fsp3) is 0.500. The zero-order valence-corrected chi connectivity index (χ0v) is 13.3. The third-order valence-electron chi connectivity index (χ3n) is 3.98. The molecule has 1 aromatic heterocycles. The highest BCUT2D eigenvalue weighted by molar-refractivity contribution is 5.31. The highest BCUT2D eigenvalue weighted by Gasteiger charge is 2.33. The van der Waals surface area contributed by atoms with Crippen LogP contribution in [0.3, 0.4) is 0 Å². The molecule has 23 heavy (non-hydrogen) atoms. The van der Waals surface area contributed by atoms with Crippen LogP contribution in [-0.2, 0) is 17.9 Å². The maximum atomic E-state index is 10.1. The van der Waals surface area contributed by atoms with Gasteiger partial charge in [-0.25, -0.2) is 0 Å². The predicted molar refractivity (Wildman–Crippen MR) is 81.8 cm³/mol. The van der Waals surface area contributed by atoms with Crippen molar-refractivity contribution in [2.45, 2.75) is 31.7 Å². The van der Waals surface area contributed by atoms with Gasteiger partial charge in [-0.2, -0.15) is 4.98 Å². The van der Waals surface area contributed by atoms with Crippen LogP contribution in [0.2, 0.25) is 0 Å². The molecule has 7 heteroatoms. The summed E-state index contributed by atoms with van der Waals surface area (Å²) in [5.41, 5.74) is 1.11. The van der Waals surface area contributed by atoms with E-state index in [1.165, 1.54) is 0 Å². The van der Waals surface area contributed by atoms with Gasteiger partial charge in [0.1, 0.15) is 12.4 Å². The molecule has 0 aliphatic carbocycles. The Labute approximate surface area is 134 Å². The first-order valence-electron chi connectivity index (χ1n) is 7.56. The summed E-state index contributed by atoms with van der Waals surface area (Å²) in [6, 6.07) is 8.01. The lowest BCUT2D eigenvalue weighted by molar-refractivity contribution is 0.164. The number of aliphatic hydroxyl groups excluding tert-OH is 1. The number of benzene rings is 1. The first kappa shape index (κ1) is 15.9. The highest BCUT2D eigenvalue weighted by atomic mass is 16.5.